The Morgan fingerprint density at radius 1 is 1.73 bits per heavy atom. The summed E-state index contributed by atoms with van der Waals surface area (Å²) in [7, 11) is 0. The van der Waals surface area contributed by atoms with Crippen LogP contribution in [0.1, 0.15) is 32.6 Å². The molecule has 64 valence electrons. The Balaban J connectivity index is 3.54. The number of allylic oxidation sites excluding steroid dienone is 1. The molecule has 0 amide bonds. The van der Waals surface area contributed by atoms with Gasteiger partial charge in [0.15, 0.2) is 5.78 Å². The van der Waals surface area contributed by atoms with E-state index >= 15 is 0 Å². The minimum absolute atomic E-state index is 0.0632. The summed E-state index contributed by atoms with van der Waals surface area (Å²) in [6.45, 7) is 5.45. The van der Waals surface area contributed by atoms with Gasteiger partial charge in [-0.15, -0.1) is 6.58 Å². The molecule has 11 heavy (non-hydrogen) atoms. The van der Waals surface area contributed by atoms with Gasteiger partial charge in [0.25, 0.3) is 0 Å². The summed E-state index contributed by atoms with van der Waals surface area (Å²) in [4.78, 5) is 11.0. The molecule has 0 aliphatic rings. The molecule has 0 aliphatic heterocycles. The van der Waals surface area contributed by atoms with E-state index in [1.807, 2.05) is 6.92 Å². The average Bonchev–Trinajstić information content (AvgIpc) is 2.00. The third-order valence-electron chi connectivity index (χ3n) is 1.53. The third kappa shape index (κ3) is 4.73. The molecule has 0 saturated heterocycles. The highest BCUT2D eigenvalue weighted by molar-refractivity contribution is 5.82. The summed E-state index contributed by atoms with van der Waals surface area (Å²) < 4.78 is 0. The standard InChI is InChI=1S/C9H16O2/c1-3-5-7-9(11)8(10)6-4-2/h3,8,10H,1,4-7H2,2H3. The van der Waals surface area contributed by atoms with Gasteiger partial charge in [0.2, 0.25) is 0 Å². The summed E-state index contributed by atoms with van der Waals surface area (Å²) >= 11 is 0. The SMILES string of the molecule is C=CCCC(=O)C(O)CCC. The van der Waals surface area contributed by atoms with Crippen molar-refractivity contribution in [2.75, 3.05) is 0 Å². The molecule has 0 saturated carbocycles. The first-order valence-corrected chi connectivity index (χ1v) is 4.04. The van der Waals surface area contributed by atoms with Crippen molar-refractivity contribution in [3.63, 3.8) is 0 Å². The number of ketones is 1. The van der Waals surface area contributed by atoms with E-state index in [1.54, 1.807) is 6.08 Å². The van der Waals surface area contributed by atoms with Crippen LogP contribution in [0, 0.1) is 0 Å². The monoisotopic (exact) mass is 156 g/mol. The second-order valence-corrected chi connectivity index (χ2v) is 2.60. The number of carbonyl (C=O) groups is 1. The highest BCUT2D eigenvalue weighted by atomic mass is 16.3. The zero-order valence-corrected chi connectivity index (χ0v) is 7.05. The lowest BCUT2D eigenvalue weighted by Gasteiger charge is -2.05. The van der Waals surface area contributed by atoms with E-state index in [4.69, 9.17) is 5.11 Å². The van der Waals surface area contributed by atoms with Crippen molar-refractivity contribution in [3.05, 3.63) is 12.7 Å². The summed E-state index contributed by atoms with van der Waals surface area (Å²) in [6.07, 6.45) is 3.46. The van der Waals surface area contributed by atoms with Crippen LogP contribution in [0.15, 0.2) is 12.7 Å². The van der Waals surface area contributed by atoms with E-state index in [1.165, 1.54) is 0 Å². The largest absolute Gasteiger partial charge is 0.385 e. The number of hydrogen-bond donors (Lipinski definition) is 1. The molecule has 0 aliphatic carbocycles. The molecule has 2 heteroatoms. The second-order valence-electron chi connectivity index (χ2n) is 2.60. The summed E-state index contributed by atoms with van der Waals surface area (Å²) in [5.74, 6) is -0.0632. The normalized spacial score (nSPS) is 12.5. The molecule has 1 atom stereocenters. The average molecular weight is 156 g/mol. The van der Waals surface area contributed by atoms with Crippen LogP contribution in [0.5, 0.6) is 0 Å². The first kappa shape index (κ1) is 10.4. The van der Waals surface area contributed by atoms with E-state index in [0.29, 0.717) is 19.3 Å². The molecular formula is C9H16O2. The lowest BCUT2D eigenvalue weighted by Crippen LogP contribution is -2.19. The molecule has 2 nitrogen and oxygen atoms in total. The van der Waals surface area contributed by atoms with Gasteiger partial charge in [0.1, 0.15) is 6.10 Å². The molecule has 0 heterocycles. The molecule has 0 aromatic rings. The Kier molecular flexibility index (Phi) is 5.75. The van der Waals surface area contributed by atoms with Gasteiger partial charge < -0.3 is 5.11 Å². The number of carbonyl (C=O) groups excluding carboxylic acids is 1. The van der Waals surface area contributed by atoms with Crippen molar-refractivity contribution in [2.45, 2.75) is 38.7 Å². The Labute approximate surface area is 67.9 Å². The lowest BCUT2D eigenvalue weighted by atomic mass is 10.1. The first-order valence-electron chi connectivity index (χ1n) is 4.04. The molecule has 0 bridgehead atoms. The lowest BCUT2D eigenvalue weighted by molar-refractivity contribution is -0.127. The fraction of sp³-hybridized carbons (Fsp3) is 0.667. The predicted molar refractivity (Wildman–Crippen MR) is 45.4 cm³/mol. The molecule has 0 aromatic carbocycles. The minimum atomic E-state index is -0.750. The van der Waals surface area contributed by atoms with Crippen LogP contribution in [0.3, 0.4) is 0 Å². The van der Waals surface area contributed by atoms with Gasteiger partial charge in [-0.05, 0) is 12.8 Å². The first-order chi connectivity index (χ1) is 5.22. The Morgan fingerprint density at radius 3 is 2.82 bits per heavy atom. The smallest absolute Gasteiger partial charge is 0.161 e. The van der Waals surface area contributed by atoms with Crippen LogP contribution in [-0.4, -0.2) is 17.0 Å². The Hall–Kier alpha value is -0.630. The van der Waals surface area contributed by atoms with Gasteiger partial charge in [-0.2, -0.15) is 0 Å². The van der Waals surface area contributed by atoms with Crippen molar-refractivity contribution in [1.29, 1.82) is 0 Å². The quantitative estimate of drug-likeness (QED) is 0.594. The fourth-order valence-corrected chi connectivity index (χ4v) is 0.845. The number of Topliss-reactive ketones (excluding diaryl/α,β-unsaturated/α-hetero) is 1. The number of rotatable bonds is 6. The zero-order valence-electron chi connectivity index (χ0n) is 7.05. The van der Waals surface area contributed by atoms with E-state index < -0.39 is 6.10 Å². The molecule has 0 rings (SSSR count). The fourth-order valence-electron chi connectivity index (χ4n) is 0.845. The van der Waals surface area contributed by atoms with Gasteiger partial charge in [-0.1, -0.05) is 19.4 Å². The summed E-state index contributed by atoms with van der Waals surface area (Å²) in [5.41, 5.74) is 0. The third-order valence-corrected chi connectivity index (χ3v) is 1.53. The molecule has 0 spiro atoms. The van der Waals surface area contributed by atoms with E-state index in [9.17, 15) is 4.79 Å². The van der Waals surface area contributed by atoms with Crippen LogP contribution in [0.2, 0.25) is 0 Å². The van der Waals surface area contributed by atoms with E-state index in [0.717, 1.165) is 6.42 Å². The van der Waals surface area contributed by atoms with Crippen LogP contribution < -0.4 is 0 Å². The zero-order chi connectivity index (χ0) is 8.69. The van der Waals surface area contributed by atoms with Crippen molar-refractivity contribution in [2.24, 2.45) is 0 Å². The molecule has 0 aromatic heterocycles. The highest BCUT2D eigenvalue weighted by Crippen LogP contribution is 2.02. The van der Waals surface area contributed by atoms with Crippen molar-refractivity contribution < 1.29 is 9.90 Å². The maximum absolute atomic E-state index is 11.0. The topological polar surface area (TPSA) is 37.3 Å². The van der Waals surface area contributed by atoms with Crippen molar-refractivity contribution in [3.8, 4) is 0 Å². The summed E-state index contributed by atoms with van der Waals surface area (Å²) in [5, 5.41) is 9.16. The number of aliphatic hydroxyl groups is 1. The minimum Gasteiger partial charge on any atom is -0.385 e. The maximum Gasteiger partial charge on any atom is 0.161 e. The predicted octanol–water partition coefficient (Wildman–Crippen LogP) is 1.68. The van der Waals surface area contributed by atoms with Crippen LogP contribution >= 0.6 is 0 Å². The maximum atomic E-state index is 11.0. The molecular weight excluding hydrogens is 140 g/mol. The van der Waals surface area contributed by atoms with E-state index in [-0.39, 0.29) is 5.78 Å². The van der Waals surface area contributed by atoms with Gasteiger partial charge in [-0.25, -0.2) is 0 Å². The van der Waals surface area contributed by atoms with Gasteiger partial charge >= 0.3 is 0 Å². The van der Waals surface area contributed by atoms with Gasteiger partial charge in [0, 0.05) is 6.42 Å². The Morgan fingerprint density at radius 2 is 2.36 bits per heavy atom. The molecule has 1 N–H and O–H groups in total. The second kappa shape index (κ2) is 6.10. The highest BCUT2D eigenvalue weighted by Gasteiger charge is 2.11. The molecule has 1 unspecified atom stereocenters. The molecule has 0 radical (unpaired) electrons. The van der Waals surface area contributed by atoms with Gasteiger partial charge in [0.05, 0.1) is 0 Å². The van der Waals surface area contributed by atoms with Crippen LogP contribution in [0.25, 0.3) is 0 Å². The van der Waals surface area contributed by atoms with Crippen molar-refractivity contribution in [1.82, 2.24) is 0 Å². The molecule has 0 fully saturated rings. The van der Waals surface area contributed by atoms with Gasteiger partial charge in [-0.3, -0.25) is 4.79 Å². The van der Waals surface area contributed by atoms with Crippen molar-refractivity contribution >= 4 is 5.78 Å². The van der Waals surface area contributed by atoms with Crippen LogP contribution in [-0.2, 0) is 4.79 Å². The van der Waals surface area contributed by atoms with E-state index in [2.05, 4.69) is 6.58 Å². The Bertz CT molecular complexity index is 130. The number of aliphatic hydroxyl groups excluding tert-OH is 1. The number of hydrogen-bond acceptors (Lipinski definition) is 2. The van der Waals surface area contributed by atoms with Crippen LogP contribution in [0.4, 0.5) is 0 Å². The summed E-state index contributed by atoms with van der Waals surface area (Å²) in [6, 6.07) is 0.